The first-order valence-corrected chi connectivity index (χ1v) is 3.04. The summed E-state index contributed by atoms with van der Waals surface area (Å²) in [5.41, 5.74) is 0. The van der Waals surface area contributed by atoms with Gasteiger partial charge in [-0.05, 0) is 34.7 Å². The summed E-state index contributed by atoms with van der Waals surface area (Å²) < 4.78 is 1.04. The largest absolute Gasteiger partial charge is 0.412 e. The summed E-state index contributed by atoms with van der Waals surface area (Å²) in [5, 5.41) is 0. The number of hydrogen-bond donors (Lipinski definition) is 0. The van der Waals surface area contributed by atoms with E-state index in [0.29, 0.717) is 0 Å². The minimum absolute atomic E-state index is 0. The highest BCUT2D eigenvalue weighted by Gasteiger charge is 1.75. The van der Waals surface area contributed by atoms with E-state index in [1.54, 1.807) is 6.20 Å². The lowest BCUT2D eigenvalue weighted by molar-refractivity contribution is 0.824. The lowest BCUT2D eigenvalue weighted by atomic mass is 10.5. The topological polar surface area (TPSA) is 44.4 Å². The average Bonchev–Trinajstić information content (AvgIpc) is 1.69. The fourth-order valence-corrected chi connectivity index (χ4v) is 0.710. The summed E-state index contributed by atoms with van der Waals surface area (Å²) in [6.07, 6.45) is 1.78. The average molecular weight is 223 g/mol. The van der Waals surface area contributed by atoms with Crippen molar-refractivity contribution < 1.29 is 5.48 Å². The molecule has 0 unspecified atom stereocenters. The molecule has 0 bridgehead atoms. The normalized spacial score (nSPS) is 7.62. The first-order chi connectivity index (χ1) is 3.39. The van der Waals surface area contributed by atoms with Crippen molar-refractivity contribution in [1.82, 2.24) is 4.98 Å². The fourth-order valence-electron chi connectivity index (χ4n) is 0.342. The van der Waals surface area contributed by atoms with Gasteiger partial charge < -0.3 is 5.48 Å². The molecule has 0 saturated heterocycles. The molecule has 1 rings (SSSR count). The Morgan fingerprint density at radius 3 is 2.38 bits per heavy atom. The van der Waals surface area contributed by atoms with E-state index in [-0.39, 0.29) is 5.48 Å². The van der Waals surface area contributed by atoms with E-state index in [0.717, 1.165) is 3.70 Å². The maximum atomic E-state index is 3.97. The minimum Gasteiger partial charge on any atom is -0.412 e. The summed E-state index contributed by atoms with van der Waals surface area (Å²) in [7, 11) is 0. The van der Waals surface area contributed by atoms with Crippen LogP contribution in [0.3, 0.4) is 0 Å². The van der Waals surface area contributed by atoms with Gasteiger partial charge in [0.15, 0.2) is 0 Å². The molecular weight excluding hydrogens is 217 g/mol. The molecule has 0 atom stereocenters. The highest BCUT2D eigenvalue weighted by molar-refractivity contribution is 14.1. The molecule has 8 heavy (non-hydrogen) atoms. The molecule has 1 heterocycles. The Kier molecular flexibility index (Phi) is 3.72. The molecule has 1 aromatic rings. The molecule has 3 heteroatoms. The van der Waals surface area contributed by atoms with Crippen molar-refractivity contribution in [1.29, 1.82) is 0 Å². The Hall–Kier alpha value is -0.160. The Bertz CT molecular complexity index is 142. The third-order valence-electron chi connectivity index (χ3n) is 0.629. The predicted octanol–water partition coefficient (Wildman–Crippen LogP) is 0.861. The van der Waals surface area contributed by atoms with Crippen molar-refractivity contribution in [3.8, 4) is 0 Å². The monoisotopic (exact) mass is 223 g/mol. The zero-order valence-corrected chi connectivity index (χ0v) is 6.29. The zero-order chi connectivity index (χ0) is 5.11. The summed E-state index contributed by atoms with van der Waals surface area (Å²) in [5.74, 6) is 0. The van der Waals surface area contributed by atoms with E-state index in [1.165, 1.54) is 0 Å². The van der Waals surface area contributed by atoms with Crippen molar-refractivity contribution in [2.24, 2.45) is 0 Å². The molecule has 0 aromatic carbocycles. The second-order valence-electron chi connectivity index (χ2n) is 1.15. The Labute approximate surface area is 61.4 Å². The molecule has 0 aliphatic rings. The Morgan fingerprint density at radius 1 is 1.38 bits per heavy atom. The first-order valence-electron chi connectivity index (χ1n) is 1.96. The quantitative estimate of drug-likeness (QED) is 0.475. The van der Waals surface area contributed by atoms with Gasteiger partial charge in [0.2, 0.25) is 0 Å². The maximum Gasteiger partial charge on any atom is 0.101 e. The third kappa shape index (κ3) is 2.23. The van der Waals surface area contributed by atoms with Crippen molar-refractivity contribution in [3.05, 3.63) is 28.1 Å². The van der Waals surface area contributed by atoms with Crippen LogP contribution in [0.4, 0.5) is 0 Å². The first kappa shape index (κ1) is 7.84. The number of hydrogen-bond acceptors (Lipinski definition) is 1. The van der Waals surface area contributed by atoms with Gasteiger partial charge in [0, 0.05) is 6.20 Å². The molecule has 44 valence electrons. The highest BCUT2D eigenvalue weighted by atomic mass is 127. The van der Waals surface area contributed by atoms with Crippen LogP contribution in [0.15, 0.2) is 24.4 Å². The predicted molar refractivity (Wildman–Crippen MR) is 40.6 cm³/mol. The maximum absolute atomic E-state index is 3.97. The Balaban J connectivity index is 0.000000490. The van der Waals surface area contributed by atoms with Gasteiger partial charge in [-0.15, -0.1) is 0 Å². The van der Waals surface area contributed by atoms with E-state index in [2.05, 4.69) is 27.6 Å². The van der Waals surface area contributed by atoms with E-state index >= 15 is 0 Å². The second kappa shape index (κ2) is 3.80. The molecule has 2 nitrogen and oxygen atoms in total. The summed E-state index contributed by atoms with van der Waals surface area (Å²) in [6.45, 7) is 0. The zero-order valence-electron chi connectivity index (χ0n) is 4.13. The van der Waals surface area contributed by atoms with Crippen LogP contribution >= 0.6 is 22.6 Å². The van der Waals surface area contributed by atoms with Gasteiger partial charge in [-0.2, -0.15) is 0 Å². The minimum atomic E-state index is 0. The van der Waals surface area contributed by atoms with Gasteiger partial charge >= 0.3 is 0 Å². The van der Waals surface area contributed by atoms with Crippen LogP contribution < -0.4 is 0 Å². The fraction of sp³-hybridized carbons (Fsp3) is 0. The summed E-state index contributed by atoms with van der Waals surface area (Å²) in [6, 6.07) is 5.83. The van der Waals surface area contributed by atoms with E-state index in [9.17, 15) is 0 Å². The standard InChI is InChI=1S/C5H4IN.H2O/c6-5-3-1-2-4-7-5;/h1-4H;1H2. The van der Waals surface area contributed by atoms with Gasteiger partial charge in [-0.1, -0.05) is 6.07 Å². The lowest BCUT2D eigenvalue weighted by Crippen LogP contribution is -1.71. The van der Waals surface area contributed by atoms with Crippen LogP contribution in [-0.4, -0.2) is 10.5 Å². The van der Waals surface area contributed by atoms with E-state index in [4.69, 9.17) is 0 Å². The molecule has 1 aromatic heterocycles. The number of rotatable bonds is 0. The molecule has 0 saturated carbocycles. The van der Waals surface area contributed by atoms with Gasteiger partial charge in [-0.25, -0.2) is 0 Å². The molecule has 0 fully saturated rings. The molecular formula is C5H6INO. The van der Waals surface area contributed by atoms with Crippen molar-refractivity contribution in [2.75, 3.05) is 0 Å². The number of aromatic nitrogens is 1. The Morgan fingerprint density at radius 2 is 2.12 bits per heavy atom. The highest BCUT2D eigenvalue weighted by Crippen LogP contribution is 1.94. The van der Waals surface area contributed by atoms with Crippen LogP contribution in [0.1, 0.15) is 0 Å². The van der Waals surface area contributed by atoms with Gasteiger partial charge in [0.05, 0.1) is 0 Å². The molecule has 0 spiro atoms. The summed E-state index contributed by atoms with van der Waals surface area (Å²) in [4.78, 5) is 3.97. The smallest absolute Gasteiger partial charge is 0.101 e. The second-order valence-corrected chi connectivity index (χ2v) is 2.26. The lowest BCUT2D eigenvalue weighted by Gasteiger charge is -1.80. The van der Waals surface area contributed by atoms with E-state index < -0.39 is 0 Å². The van der Waals surface area contributed by atoms with Crippen LogP contribution in [0.5, 0.6) is 0 Å². The molecule has 0 aliphatic heterocycles. The van der Waals surface area contributed by atoms with Gasteiger partial charge in [0.25, 0.3) is 0 Å². The van der Waals surface area contributed by atoms with Crippen molar-refractivity contribution >= 4 is 22.6 Å². The SMILES string of the molecule is Ic1ccccn1.O. The number of nitrogens with zero attached hydrogens (tertiary/aromatic N) is 1. The van der Waals surface area contributed by atoms with Crippen molar-refractivity contribution in [3.63, 3.8) is 0 Å². The molecule has 0 aliphatic carbocycles. The molecule has 0 amide bonds. The van der Waals surface area contributed by atoms with Crippen molar-refractivity contribution in [2.45, 2.75) is 0 Å². The molecule has 0 radical (unpaired) electrons. The van der Waals surface area contributed by atoms with Gasteiger partial charge in [-0.3, -0.25) is 4.98 Å². The van der Waals surface area contributed by atoms with Gasteiger partial charge in [0.1, 0.15) is 3.70 Å². The van der Waals surface area contributed by atoms with Crippen LogP contribution in [0.25, 0.3) is 0 Å². The van der Waals surface area contributed by atoms with Crippen LogP contribution in [-0.2, 0) is 0 Å². The number of pyridine rings is 1. The third-order valence-corrected chi connectivity index (χ3v) is 1.27. The number of halogens is 1. The summed E-state index contributed by atoms with van der Waals surface area (Å²) >= 11 is 2.17. The van der Waals surface area contributed by atoms with Crippen LogP contribution in [0.2, 0.25) is 0 Å². The van der Waals surface area contributed by atoms with Crippen LogP contribution in [0, 0.1) is 3.70 Å². The molecule has 2 N–H and O–H groups in total. The van der Waals surface area contributed by atoms with E-state index in [1.807, 2.05) is 18.2 Å².